The first-order valence-electron chi connectivity index (χ1n) is 4.39. The van der Waals surface area contributed by atoms with Crippen LogP contribution in [0.25, 0.3) is 0 Å². The number of thioether (sulfide) groups is 1. The first kappa shape index (κ1) is 11.5. The van der Waals surface area contributed by atoms with Crippen LogP contribution in [-0.4, -0.2) is 11.8 Å². The highest BCUT2D eigenvalue weighted by Gasteiger charge is 2.09. The Morgan fingerprint density at radius 3 is 2.43 bits per heavy atom. The lowest BCUT2D eigenvalue weighted by Crippen LogP contribution is -2.13. The minimum absolute atomic E-state index is 0.137. The van der Waals surface area contributed by atoms with E-state index in [4.69, 9.17) is 5.73 Å². The van der Waals surface area contributed by atoms with Crippen LogP contribution in [0.1, 0.15) is 12.5 Å². The molecule has 0 saturated heterocycles. The molecule has 0 spiro atoms. The van der Waals surface area contributed by atoms with Gasteiger partial charge in [-0.15, -0.1) is 0 Å². The molecule has 14 heavy (non-hydrogen) atoms. The van der Waals surface area contributed by atoms with Gasteiger partial charge < -0.3 is 5.73 Å². The summed E-state index contributed by atoms with van der Waals surface area (Å²) < 4.78 is 26.2. The molecule has 1 nitrogen and oxygen atoms in total. The fourth-order valence-corrected chi connectivity index (χ4v) is 1.83. The molecule has 0 aliphatic heterocycles. The van der Waals surface area contributed by atoms with E-state index in [1.165, 1.54) is 30.0 Å². The van der Waals surface area contributed by atoms with Gasteiger partial charge in [0.05, 0.1) is 0 Å². The Morgan fingerprint density at radius 1 is 1.36 bits per heavy atom. The van der Waals surface area contributed by atoms with Crippen LogP contribution < -0.4 is 5.73 Å². The SMILES string of the molecule is CC(CN)SCc1c(F)cccc1F. The summed E-state index contributed by atoms with van der Waals surface area (Å²) in [6.07, 6.45) is 0. The topological polar surface area (TPSA) is 26.0 Å². The Balaban J connectivity index is 2.66. The summed E-state index contributed by atoms with van der Waals surface area (Å²) in [5.41, 5.74) is 5.54. The highest BCUT2D eigenvalue weighted by molar-refractivity contribution is 7.99. The maximum atomic E-state index is 13.1. The van der Waals surface area contributed by atoms with Crippen LogP contribution in [0.15, 0.2) is 18.2 Å². The molecule has 0 radical (unpaired) electrons. The molecule has 1 aromatic rings. The van der Waals surface area contributed by atoms with Crippen LogP contribution in [0, 0.1) is 11.6 Å². The summed E-state index contributed by atoms with van der Waals surface area (Å²) in [6, 6.07) is 3.91. The number of hydrogen-bond acceptors (Lipinski definition) is 2. The van der Waals surface area contributed by atoms with Crippen LogP contribution in [0.4, 0.5) is 8.78 Å². The smallest absolute Gasteiger partial charge is 0.130 e. The van der Waals surface area contributed by atoms with Crippen LogP contribution >= 0.6 is 11.8 Å². The van der Waals surface area contributed by atoms with Gasteiger partial charge in [-0.3, -0.25) is 0 Å². The summed E-state index contributed by atoms with van der Waals surface area (Å²) >= 11 is 1.45. The Hall–Kier alpha value is -0.610. The standard InChI is InChI=1S/C10H13F2NS/c1-7(5-13)14-6-8-9(11)3-2-4-10(8)12/h2-4,7H,5-6,13H2,1H3. The molecule has 1 unspecified atom stereocenters. The largest absolute Gasteiger partial charge is 0.329 e. The van der Waals surface area contributed by atoms with E-state index in [9.17, 15) is 8.78 Å². The molecule has 4 heteroatoms. The van der Waals surface area contributed by atoms with Gasteiger partial charge in [0.1, 0.15) is 11.6 Å². The van der Waals surface area contributed by atoms with Crippen molar-refractivity contribution in [1.82, 2.24) is 0 Å². The van der Waals surface area contributed by atoms with Gasteiger partial charge >= 0.3 is 0 Å². The van der Waals surface area contributed by atoms with Crippen LogP contribution in [-0.2, 0) is 5.75 Å². The molecule has 0 saturated carbocycles. The number of halogens is 2. The van der Waals surface area contributed by atoms with Crippen molar-refractivity contribution in [1.29, 1.82) is 0 Å². The predicted octanol–water partition coefficient (Wildman–Crippen LogP) is 2.55. The predicted molar refractivity (Wildman–Crippen MR) is 56.2 cm³/mol. The zero-order chi connectivity index (χ0) is 10.6. The van der Waals surface area contributed by atoms with Crippen molar-refractivity contribution in [2.45, 2.75) is 17.9 Å². The molecule has 1 atom stereocenters. The third kappa shape index (κ3) is 2.96. The van der Waals surface area contributed by atoms with Crippen molar-refractivity contribution in [2.24, 2.45) is 5.73 Å². The lowest BCUT2D eigenvalue weighted by molar-refractivity contribution is 0.566. The first-order valence-corrected chi connectivity index (χ1v) is 5.44. The molecule has 0 fully saturated rings. The fourth-order valence-electron chi connectivity index (χ4n) is 0.964. The molecule has 1 aromatic carbocycles. The highest BCUT2D eigenvalue weighted by Crippen LogP contribution is 2.21. The van der Waals surface area contributed by atoms with Crippen molar-refractivity contribution >= 4 is 11.8 Å². The number of rotatable bonds is 4. The van der Waals surface area contributed by atoms with E-state index in [-0.39, 0.29) is 10.8 Å². The Labute approximate surface area is 86.7 Å². The van der Waals surface area contributed by atoms with Gasteiger partial charge in [-0.1, -0.05) is 13.0 Å². The molecular weight excluding hydrogens is 204 g/mol. The molecule has 0 aliphatic carbocycles. The van der Waals surface area contributed by atoms with E-state index in [0.717, 1.165) is 0 Å². The van der Waals surface area contributed by atoms with E-state index in [1.54, 1.807) is 0 Å². The second-order valence-electron chi connectivity index (χ2n) is 3.06. The lowest BCUT2D eigenvalue weighted by Gasteiger charge is -2.09. The summed E-state index contributed by atoms with van der Waals surface area (Å²) in [7, 11) is 0. The van der Waals surface area contributed by atoms with Gasteiger partial charge in [0.25, 0.3) is 0 Å². The minimum atomic E-state index is -0.485. The van der Waals surface area contributed by atoms with Crippen LogP contribution in [0.3, 0.4) is 0 Å². The average Bonchev–Trinajstić information content (AvgIpc) is 2.16. The van der Waals surface area contributed by atoms with Crippen molar-refractivity contribution in [3.05, 3.63) is 35.4 Å². The maximum absolute atomic E-state index is 13.1. The summed E-state index contributed by atoms with van der Waals surface area (Å²) in [5.74, 6) is -0.639. The number of nitrogens with two attached hydrogens (primary N) is 1. The van der Waals surface area contributed by atoms with Gasteiger partial charge in [0.2, 0.25) is 0 Å². The van der Waals surface area contributed by atoms with Crippen LogP contribution in [0.2, 0.25) is 0 Å². The summed E-state index contributed by atoms with van der Waals surface area (Å²) in [6.45, 7) is 2.45. The molecule has 0 aromatic heterocycles. The zero-order valence-electron chi connectivity index (χ0n) is 7.97. The second-order valence-corrected chi connectivity index (χ2v) is 4.48. The molecule has 78 valence electrons. The normalized spacial score (nSPS) is 12.9. The van der Waals surface area contributed by atoms with Crippen molar-refractivity contribution in [3.8, 4) is 0 Å². The highest BCUT2D eigenvalue weighted by atomic mass is 32.2. The van der Waals surface area contributed by atoms with Crippen LogP contribution in [0.5, 0.6) is 0 Å². The third-order valence-corrected chi connectivity index (χ3v) is 3.12. The Morgan fingerprint density at radius 2 is 1.93 bits per heavy atom. The summed E-state index contributed by atoms with van der Waals surface area (Å²) in [4.78, 5) is 0. The van der Waals surface area contributed by atoms with Crippen molar-refractivity contribution in [2.75, 3.05) is 6.54 Å². The van der Waals surface area contributed by atoms with E-state index in [0.29, 0.717) is 12.3 Å². The van der Waals surface area contributed by atoms with E-state index in [2.05, 4.69) is 0 Å². The molecular formula is C10H13F2NS. The quantitative estimate of drug-likeness (QED) is 0.838. The molecule has 0 bridgehead atoms. The van der Waals surface area contributed by atoms with E-state index in [1.807, 2.05) is 6.92 Å². The average molecular weight is 217 g/mol. The van der Waals surface area contributed by atoms with Gasteiger partial charge in [-0.25, -0.2) is 8.78 Å². The minimum Gasteiger partial charge on any atom is -0.329 e. The molecule has 0 amide bonds. The molecule has 0 aliphatic rings. The van der Waals surface area contributed by atoms with Gasteiger partial charge in [-0.05, 0) is 12.1 Å². The number of hydrogen-bond donors (Lipinski definition) is 1. The van der Waals surface area contributed by atoms with Crippen molar-refractivity contribution in [3.63, 3.8) is 0 Å². The Kier molecular flexibility index (Phi) is 4.35. The van der Waals surface area contributed by atoms with E-state index >= 15 is 0 Å². The van der Waals surface area contributed by atoms with Gasteiger partial charge in [-0.2, -0.15) is 11.8 Å². The monoisotopic (exact) mass is 217 g/mol. The lowest BCUT2D eigenvalue weighted by atomic mass is 10.2. The first-order chi connectivity index (χ1) is 6.65. The molecule has 1 rings (SSSR count). The molecule has 0 heterocycles. The zero-order valence-corrected chi connectivity index (χ0v) is 8.78. The molecule has 2 N–H and O–H groups in total. The van der Waals surface area contributed by atoms with Crippen molar-refractivity contribution < 1.29 is 8.78 Å². The Bertz CT molecular complexity index is 284. The van der Waals surface area contributed by atoms with E-state index < -0.39 is 11.6 Å². The second kappa shape index (κ2) is 5.32. The maximum Gasteiger partial charge on any atom is 0.130 e. The number of benzene rings is 1. The summed E-state index contributed by atoms with van der Waals surface area (Å²) in [5, 5.41) is 0.217. The fraction of sp³-hybridized carbons (Fsp3) is 0.400. The van der Waals surface area contributed by atoms with Gasteiger partial charge in [0.15, 0.2) is 0 Å². The third-order valence-electron chi connectivity index (χ3n) is 1.91. The van der Waals surface area contributed by atoms with Gasteiger partial charge in [0, 0.05) is 23.1 Å².